The first-order chi connectivity index (χ1) is 6.86. The predicted molar refractivity (Wildman–Crippen MR) is 59.4 cm³/mol. The third-order valence-corrected chi connectivity index (χ3v) is 2.96. The first-order valence-corrected chi connectivity index (χ1v) is 4.91. The number of carbonyl (C=O) groups is 1. The number of carbonyl (C=O) groups excluding carboxylic acids is 1. The summed E-state index contributed by atoms with van der Waals surface area (Å²) < 4.78 is 0. The lowest BCUT2D eigenvalue weighted by Gasteiger charge is -1.96. The van der Waals surface area contributed by atoms with Gasteiger partial charge in [-0.1, -0.05) is 34.8 Å². The summed E-state index contributed by atoms with van der Waals surface area (Å²) in [6, 6.07) is 0.937. The zero-order valence-electron chi connectivity index (χ0n) is 7.47. The van der Waals surface area contributed by atoms with Crippen LogP contribution in [0, 0.1) is 0 Å². The maximum Gasteiger partial charge on any atom is 0.194 e. The molecule has 0 atom stereocenters. The van der Waals surface area contributed by atoms with Gasteiger partial charge in [-0.05, 0) is 6.92 Å². The fourth-order valence-corrected chi connectivity index (χ4v) is 1.61. The normalized spacial score (nSPS) is 10.1. The van der Waals surface area contributed by atoms with Crippen molar-refractivity contribution < 1.29 is 9.90 Å². The van der Waals surface area contributed by atoms with Crippen LogP contribution in [0.3, 0.4) is 0 Å². The Morgan fingerprint density at radius 3 is 2.27 bits per heavy atom. The van der Waals surface area contributed by atoms with Crippen LogP contribution >= 0.6 is 34.8 Å². The standard InChI is InChI=1S/C9H5Cl3O3/c1-3(13)6-5(14)2-4(10)7(11)8(12)9(6)15/h2,15H,1H3. The Kier molecular flexibility index (Phi) is 3.60. The van der Waals surface area contributed by atoms with Crippen molar-refractivity contribution in [3.8, 4) is 5.75 Å². The van der Waals surface area contributed by atoms with Crippen LogP contribution in [0.4, 0.5) is 0 Å². The summed E-state index contributed by atoms with van der Waals surface area (Å²) >= 11 is 16.9. The Balaban J connectivity index is 3.88. The number of hydrogen-bond donors (Lipinski definition) is 1. The molecular weight excluding hydrogens is 262 g/mol. The van der Waals surface area contributed by atoms with Gasteiger partial charge >= 0.3 is 0 Å². The molecule has 6 heteroatoms. The van der Waals surface area contributed by atoms with Crippen LogP contribution < -0.4 is 5.43 Å². The van der Waals surface area contributed by atoms with E-state index in [9.17, 15) is 14.7 Å². The Labute approximate surface area is 100 Å². The number of aromatic hydroxyl groups is 1. The monoisotopic (exact) mass is 266 g/mol. The summed E-state index contributed by atoms with van der Waals surface area (Å²) in [6.45, 7) is 1.13. The number of halogens is 3. The van der Waals surface area contributed by atoms with Crippen molar-refractivity contribution in [3.63, 3.8) is 0 Å². The third kappa shape index (κ3) is 2.25. The van der Waals surface area contributed by atoms with E-state index in [0.717, 1.165) is 13.0 Å². The summed E-state index contributed by atoms with van der Waals surface area (Å²) in [6.07, 6.45) is 0. The lowest BCUT2D eigenvalue weighted by molar-refractivity contribution is 0.101. The molecule has 0 bridgehead atoms. The lowest BCUT2D eigenvalue weighted by Crippen LogP contribution is -2.09. The van der Waals surface area contributed by atoms with E-state index in [2.05, 4.69) is 0 Å². The topological polar surface area (TPSA) is 54.4 Å². The maximum absolute atomic E-state index is 11.4. The molecule has 0 saturated heterocycles. The molecule has 15 heavy (non-hydrogen) atoms. The summed E-state index contributed by atoms with van der Waals surface area (Å²) in [5, 5.41) is 8.92. The SMILES string of the molecule is CC(=O)c1c(O)c(Cl)c(Cl)c(Cl)cc1=O. The van der Waals surface area contributed by atoms with Crippen molar-refractivity contribution in [3.05, 3.63) is 36.9 Å². The predicted octanol–water partition coefficient (Wildman–Crippen LogP) is 2.92. The molecule has 0 saturated carbocycles. The lowest BCUT2D eigenvalue weighted by atomic mass is 10.2. The number of hydrogen-bond acceptors (Lipinski definition) is 3. The molecule has 3 nitrogen and oxygen atoms in total. The average Bonchev–Trinajstić information content (AvgIpc) is 2.19. The fourth-order valence-electron chi connectivity index (χ4n) is 1.03. The molecule has 0 radical (unpaired) electrons. The minimum Gasteiger partial charge on any atom is -0.505 e. The first kappa shape index (κ1) is 12.3. The molecule has 0 aliphatic rings. The largest absolute Gasteiger partial charge is 0.505 e. The van der Waals surface area contributed by atoms with E-state index in [-0.39, 0.29) is 15.1 Å². The summed E-state index contributed by atoms with van der Waals surface area (Å²) in [4.78, 5) is 22.5. The second-order valence-electron chi connectivity index (χ2n) is 2.76. The molecule has 0 aliphatic carbocycles. The van der Waals surface area contributed by atoms with Crippen LogP contribution in [-0.4, -0.2) is 10.9 Å². The van der Waals surface area contributed by atoms with Crippen molar-refractivity contribution in [2.24, 2.45) is 0 Å². The highest BCUT2D eigenvalue weighted by Crippen LogP contribution is 2.35. The van der Waals surface area contributed by atoms with E-state index < -0.39 is 22.5 Å². The maximum atomic E-state index is 11.4. The van der Waals surface area contributed by atoms with Crippen molar-refractivity contribution in [2.45, 2.75) is 6.92 Å². The van der Waals surface area contributed by atoms with Gasteiger partial charge in [0.25, 0.3) is 0 Å². The minimum absolute atomic E-state index is 0.116. The Bertz CT molecular complexity index is 497. The van der Waals surface area contributed by atoms with Gasteiger partial charge in [-0.25, -0.2) is 0 Å². The molecule has 80 valence electrons. The van der Waals surface area contributed by atoms with Gasteiger partial charge in [0.05, 0.1) is 10.0 Å². The first-order valence-electron chi connectivity index (χ1n) is 3.78. The average molecular weight is 267 g/mol. The Morgan fingerprint density at radius 2 is 1.80 bits per heavy atom. The molecule has 0 amide bonds. The molecule has 0 spiro atoms. The van der Waals surface area contributed by atoms with Gasteiger partial charge in [-0.2, -0.15) is 0 Å². The third-order valence-electron chi connectivity index (χ3n) is 1.70. The van der Waals surface area contributed by atoms with Gasteiger partial charge in [0, 0.05) is 6.07 Å². The van der Waals surface area contributed by atoms with Gasteiger partial charge in [0.2, 0.25) is 0 Å². The van der Waals surface area contributed by atoms with E-state index in [4.69, 9.17) is 34.8 Å². The highest BCUT2D eigenvalue weighted by atomic mass is 35.5. The molecule has 0 aliphatic heterocycles. The van der Waals surface area contributed by atoms with E-state index in [1.165, 1.54) is 0 Å². The van der Waals surface area contributed by atoms with E-state index >= 15 is 0 Å². The zero-order chi connectivity index (χ0) is 11.7. The van der Waals surface area contributed by atoms with Crippen LogP contribution in [-0.2, 0) is 0 Å². The number of Topliss-reactive ketones (excluding diaryl/α,β-unsaturated/α-hetero) is 1. The van der Waals surface area contributed by atoms with Crippen molar-refractivity contribution in [2.75, 3.05) is 0 Å². The molecule has 0 heterocycles. The second-order valence-corrected chi connectivity index (χ2v) is 3.93. The summed E-state index contributed by atoms with van der Waals surface area (Å²) in [5.41, 5.74) is -1.15. The van der Waals surface area contributed by atoms with Gasteiger partial charge in [-0.3, -0.25) is 9.59 Å². The van der Waals surface area contributed by atoms with Gasteiger partial charge in [-0.15, -0.1) is 0 Å². The van der Waals surface area contributed by atoms with Gasteiger partial charge in [0.1, 0.15) is 10.6 Å². The molecule has 1 rings (SSSR count). The summed E-state index contributed by atoms with van der Waals surface area (Å²) in [5.74, 6) is -1.26. The number of ketones is 1. The molecular formula is C9H5Cl3O3. The quantitative estimate of drug-likeness (QED) is 0.796. The van der Waals surface area contributed by atoms with Crippen LogP contribution in [0.25, 0.3) is 0 Å². The van der Waals surface area contributed by atoms with Crippen molar-refractivity contribution in [1.29, 1.82) is 0 Å². The molecule has 1 aromatic carbocycles. The van der Waals surface area contributed by atoms with Crippen molar-refractivity contribution in [1.82, 2.24) is 0 Å². The molecule has 0 unspecified atom stereocenters. The molecule has 1 aromatic rings. The molecule has 0 aromatic heterocycles. The second kappa shape index (κ2) is 4.39. The van der Waals surface area contributed by atoms with Gasteiger partial charge in [0.15, 0.2) is 17.0 Å². The highest BCUT2D eigenvalue weighted by Gasteiger charge is 2.17. The summed E-state index contributed by atoms with van der Waals surface area (Å²) in [7, 11) is 0. The van der Waals surface area contributed by atoms with E-state index in [1.807, 2.05) is 0 Å². The molecule has 0 fully saturated rings. The Morgan fingerprint density at radius 1 is 1.27 bits per heavy atom. The highest BCUT2D eigenvalue weighted by molar-refractivity contribution is 6.48. The molecule has 1 N–H and O–H groups in total. The van der Waals surface area contributed by atoms with Crippen LogP contribution in [0.15, 0.2) is 10.9 Å². The zero-order valence-corrected chi connectivity index (χ0v) is 9.74. The Hall–Kier alpha value is -0.770. The van der Waals surface area contributed by atoms with Crippen LogP contribution in [0.2, 0.25) is 15.1 Å². The van der Waals surface area contributed by atoms with E-state index in [0.29, 0.717) is 0 Å². The van der Waals surface area contributed by atoms with Crippen LogP contribution in [0.1, 0.15) is 17.3 Å². The minimum atomic E-state index is -0.723. The van der Waals surface area contributed by atoms with Gasteiger partial charge < -0.3 is 5.11 Å². The number of rotatable bonds is 1. The smallest absolute Gasteiger partial charge is 0.194 e. The van der Waals surface area contributed by atoms with Crippen molar-refractivity contribution >= 4 is 40.6 Å². The fraction of sp³-hybridized carbons (Fsp3) is 0.111. The van der Waals surface area contributed by atoms with Crippen LogP contribution in [0.5, 0.6) is 5.75 Å². The van der Waals surface area contributed by atoms with E-state index in [1.54, 1.807) is 0 Å².